The summed E-state index contributed by atoms with van der Waals surface area (Å²) in [5, 5.41) is 4.46. The van der Waals surface area contributed by atoms with E-state index >= 15 is 0 Å². The first kappa shape index (κ1) is 18.7. The first-order chi connectivity index (χ1) is 13.6. The molecule has 1 aliphatic heterocycles. The Balaban J connectivity index is 1.51. The van der Waals surface area contributed by atoms with E-state index in [1.165, 1.54) is 0 Å². The molecule has 2 aromatic heterocycles. The molecule has 0 saturated carbocycles. The second kappa shape index (κ2) is 8.16. The second-order valence-electron chi connectivity index (χ2n) is 7.38. The summed E-state index contributed by atoms with van der Waals surface area (Å²) in [6, 6.07) is 8.12. The van der Waals surface area contributed by atoms with Crippen molar-refractivity contribution in [3.05, 3.63) is 48.5 Å². The molecule has 4 rings (SSSR count). The van der Waals surface area contributed by atoms with E-state index in [1.54, 1.807) is 0 Å². The van der Waals surface area contributed by atoms with Gasteiger partial charge in [-0.15, -0.1) is 0 Å². The van der Waals surface area contributed by atoms with Crippen LogP contribution >= 0.6 is 0 Å². The number of hydrogen-bond donors (Lipinski definition) is 0. The lowest BCUT2D eigenvalue weighted by atomic mass is 10.2. The third kappa shape index (κ3) is 3.95. The van der Waals surface area contributed by atoms with Gasteiger partial charge in [0, 0.05) is 58.4 Å². The maximum Gasteiger partial charge on any atom is 0.148 e. The predicted octanol–water partition coefficient (Wildman–Crippen LogP) is 2.21. The molecule has 0 amide bonds. The summed E-state index contributed by atoms with van der Waals surface area (Å²) < 4.78 is 10.1. The highest BCUT2D eigenvalue weighted by Crippen LogP contribution is 2.30. The Hall–Kier alpha value is -2.64. The zero-order valence-electron chi connectivity index (χ0n) is 16.9. The van der Waals surface area contributed by atoms with Crippen molar-refractivity contribution >= 4 is 0 Å². The van der Waals surface area contributed by atoms with Crippen LogP contribution in [-0.2, 0) is 7.05 Å². The van der Waals surface area contributed by atoms with Crippen LogP contribution in [0.2, 0.25) is 0 Å². The Morgan fingerprint density at radius 2 is 1.86 bits per heavy atom. The monoisotopic (exact) mass is 380 g/mol. The molecule has 0 atom stereocenters. The Morgan fingerprint density at radius 3 is 2.61 bits per heavy atom. The van der Waals surface area contributed by atoms with Crippen LogP contribution in [0, 0.1) is 6.92 Å². The number of aromatic nitrogens is 4. The van der Waals surface area contributed by atoms with E-state index in [-0.39, 0.29) is 0 Å². The zero-order valence-corrected chi connectivity index (χ0v) is 16.9. The van der Waals surface area contributed by atoms with Gasteiger partial charge in [-0.05, 0) is 26.1 Å². The third-order valence-electron chi connectivity index (χ3n) is 5.28. The van der Waals surface area contributed by atoms with Gasteiger partial charge in [-0.25, -0.2) is 4.98 Å². The summed E-state index contributed by atoms with van der Waals surface area (Å²) in [6.07, 6.45) is 5.81. The molecule has 1 aromatic carbocycles. The van der Waals surface area contributed by atoms with Crippen LogP contribution in [-0.4, -0.2) is 75.5 Å². The van der Waals surface area contributed by atoms with Gasteiger partial charge in [0.25, 0.3) is 0 Å². The molecule has 1 fully saturated rings. The quantitative estimate of drug-likeness (QED) is 0.656. The molecule has 0 unspecified atom stereocenters. The number of piperazine rings is 1. The van der Waals surface area contributed by atoms with Crippen LogP contribution in [0.4, 0.5) is 0 Å². The molecule has 0 spiro atoms. The van der Waals surface area contributed by atoms with Crippen LogP contribution in [0.25, 0.3) is 17.1 Å². The molecule has 0 radical (unpaired) electrons. The highest BCUT2D eigenvalue weighted by atomic mass is 16.5. The Labute approximate surface area is 166 Å². The van der Waals surface area contributed by atoms with Crippen molar-refractivity contribution in [3.63, 3.8) is 0 Å². The smallest absolute Gasteiger partial charge is 0.148 e. The number of ether oxygens (including phenoxy) is 1. The minimum absolute atomic E-state index is 0.674. The number of benzene rings is 1. The van der Waals surface area contributed by atoms with E-state index in [2.05, 4.69) is 37.6 Å². The van der Waals surface area contributed by atoms with Crippen molar-refractivity contribution in [2.45, 2.75) is 6.92 Å². The van der Waals surface area contributed by atoms with E-state index < -0.39 is 0 Å². The van der Waals surface area contributed by atoms with Crippen LogP contribution in [0.3, 0.4) is 0 Å². The molecular weight excluding hydrogens is 352 g/mol. The predicted molar refractivity (Wildman–Crippen MR) is 110 cm³/mol. The van der Waals surface area contributed by atoms with Crippen molar-refractivity contribution in [3.8, 4) is 22.8 Å². The van der Waals surface area contributed by atoms with Crippen LogP contribution < -0.4 is 4.74 Å². The lowest BCUT2D eigenvalue weighted by Gasteiger charge is -2.32. The van der Waals surface area contributed by atoms with Gasteiger partial charge in [-0.1, -0.05) is 12.1 Å². The third-order valence-corrected chi connectivity index (χ3v) is 5.28. The minimum atomic E-state index is 0.674. The summed E-state index contributed by atoms with van der Waals surface area (Å²) in [5.41, 5.74) is 2.99. The molecule has 3 heterocycles. The number of hydrogen-bond acceptors (Lipinski definition) is 5. The average Bonchev–Trinajstić information content (AvgIpc) is 3.29. The van der Waals surface area contributed by atoms with Crippen molar-refractivity contribution in [1.29, 1.82) is 0 Å². The summed E-state index contributed by atoms with van der Waals surface area (Å²) >= 11 is 0. The maximum atomic E-state index is 6.19. The topological polar surface area (TPSA) is 51.4 Å². The molecule has 7 heteroatoms. The Bertz CT molecular complexity index is 923. The van der Waals surface area contributed by atoms with Gasteiger partial charge in [-0.3, -0.25) is 14.1 Å². The normalized spacial score (nSPS) is 15.8. The molecule has 7 nitrogen and oxygen atoms in total. The largest absolute Gasteiger partial charge is 0.491 e. The highest BCUT2D eigenvalue weighted by molar-refractivity contribution is 5.66. The number of aryl methyl sites for hydroxylation is 2. The fourth-order valence-corrected chi connectivity index (χ4v) is 3.65. The average molecular weight is 380 g/mol. The van der Waals surface area contributed by atoms with Gasteiger partial charge in [-0.2, -0.15) is 5.10 Å². The fraction of sp³-hybridized carbons (Fsp3) is 0.429. The lowest BCUT2D eigenvalue weighted by Crippen LogP contribution is -2.45. The van der Waals surface area contributed by atoms with Crippen LogP contribution in [0.1, 0.15) is 5.69 Å². The van der Waals surface area contributed by atoms with Crippen LogP contribution in [0.5, 0.6) is 5.75 Å². The number of imidazole rings is 1. The standard InChI is InChI=1S/C21H28N6O/c1-17-19(16-25(3)23-17)27-9-8-22-21(27)18-6-4-5-7-20(18)28-15-14-26-12-10-24(2)11-13-26/h4-9,16H,10-15H2,1-3H3. The molecule has 0 aliphatic carbocycles. The van der Waals surface area contributed by atoms with Gasteiger partial charge in [0.15, 0.2) is 0 Å². The highest BCUT2D eigenvalue weighted by Gasteiger charge is 2.17. The molecule has 1 saturated heterocycles. The van der Waals surface area contributed by atoms with Gasteiger partial charge >= 0.3 is 0 Å². The molecule has 148 valence electrons. The molecule has 1 aliphatic rings. The molecular formula is C21H28N6O. The van der Waals surface area contributed by atoms with Crippen LogP contribution in [0.15, 0.2) is 42.9 Å². The minimum Gasteiger partial charge on any atom is -0.491 e. The summed E-state index contributed by atoms with van der Waals surface area (Å²) in [6.45, 7) is 8.08. The van der Waals surface area contributed by atoms with E-state index in [0.29, 0.717) is 6.61 Å². The van der Waals surface area contributed by atoms with E-state index in [9.17, 15) is 0 Å². The Morgan fingerprint density at radius 1 is 1.07 bits per heavy atom. The molecule has 3 aromatic rings. The van der Waals surface area contributed by atoms with Gasteiger partial charge in [0.2, 0.25) is 0 Å². The van der Waals surface area contributed by atoms with Crippen molar-refractivity contribution in [2.75, 3.05) is 46.4 Å². The van der Waals surface area contributed by atoms with E-state index in [1.807, 2.05) is 55.4 Å². The SMILES string of the molecule is Cc1nn(C)cc1-n1ccnc1-c1ccccc1OCCN1CCN(C)CC1. The van der Waals surface area contributed by atoms with Crippen molar-refractivity contribution in [2.24, 2.45) is 7.05 Å². The van der Waals surface area contributed by atoms with Gasteiger partial charge < -0.3 is 9.64 Å². The number of likely N-dealkylation sites (N-methyl/N-ethyl adjacent to an activating group) is 1. The van der Waals surface area contributed by atoms with E-state index in [0.717, 1.165) is 61.2 Å². The molecule has 0 N–H and O–H groups in total. The lowest BCUT2D eigenvalue weighted by molar-refractivity contribution is 0.134. The fourth-order valence-electron chi connectivity index (χ4n) is 3.65. The summed E-state index contributed by atoms with van der Waals surface area (Å²) in [4.78, 5) is 9.44. The summed E-state index contributed by atoms with van der Waals surface area (Å²) in [7, 11) is 4.11. The van der Waals surface area contributed by atoms with Gasteiger partial charge in [0.05, 0.1) is 16.9 Å². The molecule has 0 bridgehead atoms. The zero-order chi connectivity index (χ0) is 19.5. The van der Waals surface area contributed by atoms with Gasteiger partial charge in [0.1, 0.15) is 18.2 Å². The van der Waals surface area contributed by atoms with Crippen molar-refractivity contribution in [1.82, 2.24) is 29.1 Å². The summed E-state index contributed by atoms with van der Waals surface area (Å²) in [5.74, 6) is 1.73. The number of rotatable bonds is 6. The molecule has 28 heavy (non-hydrogen) atoms. The Kier molecular flexibility index (Phi) is 5.45. The number of para-hydroxylation sites is 1. The van der Waals surface area contributed by atoms with E-state index in [4.69, 9.17) is 4.74 Å². The second-order valence-corrected chi connectivity index (χ2v) is 7.38. The first-order valence-corrected chi connectivity index (χ1v) is 9.79. The van der Waals surface area contributed by atoms with Crippen molar-refractivity contribution < 1.29 is 4.74 Å². The number of nitrogens with zero attached hydrogens (tertiary/aromatic N) is 6. The maximum absolute atomic E-state index is 6.19. The first-order valence-electron chi connectivity index (χ1n) is 9.79.